The number of pyridine rings is 1. The van der Waals surface area contributed by atoms with Crippen molar-refractivity contribution in [1.29, 1.82) is 0 Å². The van der Waals surface area contributed by atoms with Gasteiger partial charge in [-0.25, -0.2) is 0 Å². The fourth-order valence-corrected chi connectivity index (χ4v) is 3.62. The highest BCUT2D eigenvalue weighted by Gasteiger charge is 2.30. The number of hydrogen-bond acceptors (Lipinski definition) is 6. The molecule has 3 heterocycles. The first-order valence-corrected chi connectivity index (χ1v) is 8.69. The predicted molar refractivity (Wildman–Crippen MR) is 97.0 cm³/mol. The van der Waals surface area contributed by atoms with Crippen LogP contribution in [0, 0.1) is 10.1 Å². The lowest BCUT2D eigenvalue weighted by molar-refractivity contribution is -0.384. The van der Waals surface area contributed by atoms with Crippen LogP contribution in [0.4, 0.5) is 5.69 Å². The second-order valence-electron chi connectivity index (χ2n) is 5.18. The third-order valence-electron chi connectivity index (χ3n) is 3.71. The number of halogens is 2. The van der Waals surface area contributed by atoms with Crippen molar-refractivity contribution in [2.24, 2.45) is 4.99 Å². The van der Waals surface area contributed by atoms with Crippen LogP contribution in [-0.4, -0.2) is 30.4 Å². The van der Waals surface area contributed by atoms with E-state index in [-0.39, 0.29) is 12.2 Å². The molecular formula is C15H8Br2N6O2. The molecule has 4 rings (SSSR count). The van der Waals surface area contributed by atoms with Gasteiger partial charge in [0, 0.05) is 22.3 Å². The third kappa shape index (κ3) is 2.67. The van der Waals surface area contributed by atoms with Crippen molar-refractivity contribution in [1.82, 2.24) is 19.7 Å². The van der Waals surface area contributed by atoms with Gasteiger partial charge in [-0.15, -0.1) is 10.2 Å². The molecule has 124 valence electrons. The molecule has 25 heavy (non-hydrogen) atoms. The van der Waals surface area contributed by atoms with Crippen LogP contribution in [0.25, 0.3) is 5.69 Å². The zero-order valence-electron chi connectivity index (χ0n) is 12.4. The van der Waals surface area contributed by atoms with Crippen LogP contribution < -0.4 is 0 Å². The average Bonchev–Trinajstić information content (AvgIpc) is 2.87. The number of nitro benzene ring substituents is 1. The average molecular weight is 464 g/mol. The summed E-state index contributed by atoms with van der Waals surface area (Å²) >= 11 is 6.68. The largest absolute Gasteiger partial charge is 0.295 e. The van der Waals surface area contributed by atoms with Crippen molar-refractivity contribution in [3.05, 3.63) is 72.9 Å². The molecule has 1 aliphatic rings. The summed E-state index contributed by atoms with van der Waals surface area (Å²) in [6, 6.07) is 8.71. The SMILES string of the molecule is O=[N+]([O-])c1cc(Br)cc2c1-n1c(Br)nnc1CN=C2c1ccccn1. The molecule has 0 unspecified atom stereocenters. The lowest BCUT2D eigenvalue weighted by Crippen LogP contribution is -2.11. The highest BCUT2D eigenvalue weighted by atomic mass is 79.9. The molecule has 1 aliphatic heterocycles. The van der Waals surface area contributed by atoms with Crippen LogP contribution >= 0.6 is 31.9 Å². The van der Waals surface area contributed by atoms with E-state index in [0.29, 0.717) is 37.7 Å². The van der Waals surface area contributed by atoms with E-state index in [1.165, 1.54) is 6.07 Å². The maximum absolute atomic E-state index is 11.7. The molecule has 0 N–H and O–H groups in total. The second-order valence-corrected chi connectivity index (χ2v) is 6.80. The maximum Gasteiger partial charge on any atom is 0.295 e. The Labute approximate surface area is 158 Å². The molecule has 0 atom stereocenters. The normalized spacial score (nSPS) is 12.8. The Morgan fingerprint density at radius 2 is 2.04 bits per heavy atom. The van der Waals surface area contributed by atoms with E-state index in [4.69, 9.17) is 0 Å². The van der Waals surface area contributed by atoms with Crippen LogP contribution in [0.3, 0.4) is 0 Å². The Bertz CT molecular complexity index is 1030. The van der Waals surface area contributed by atoms with E-state index < -0.39 is 4.92 Å². The molecule has 0 spiro atoms. The molecule has 10 heteroatoms. The summed E-state index contributed by atoms with van der Waals surface area (Å²) in [4.78, 5) is 20.2. The third-order valence-corrected chi connectivity index (χ3v) is 4.68. The van der Waals surface area contributed by atoms with E-state index in [2.05, 4.69) is 52.0 Å². The molecule has 8 nitrogen and oxygen atoms in total. The number of aliphatic imine (C=N–C) groups is 1. The summed E-state index contributed by atoms with van der Waals surface area (Å²) < 4.78 is 2.57. The summed E-state index contributed by atoms with van der Waals surface area (Å²) in [5.74, 6) is 0.504. The fraction of sp³-hybridized carbons (Fsp3) is 0.0667. The number of rotatable bonds is 2. The summed E-state index contributed by atoms with van der Waals surface area (Å²) in [6.45, 7) is 0.230. The minimum Gasteiger partial charge on any atom is -0.274 e. The van der Waals surface area contributed by atoms with Gasteiger partial charge in [0.2, 0.25) is 4.73 Å². The summed E-state index contributed by atoms with van der Waals surface area (Å²) in [5.41, 5.74) is 2.07. The lowest BCUT2D eigenvalue weighted by Gasteiger charge is -2.12. The van der Waals surface area contributed by atoms with Gasteiger partial charge in [-0.3, -0.25) is 24.7 Å². The smallest absolute Gasteiger partial charge is 0.274 e. The van der Waals surface area contributed by atoms with E-state index in [1.54, 1.807) is 22.9 Å². The fourth-order valence-electron chi connectivity index (χ4n) is 2.71. The molecule has 1 aromatic carbocycles. The molecule has 0 amide bonds. The molecule has 2 aromatic heterocycles. The summed E-state index contributed by atoms with van der Waals surface area (Å²) in [7, 11) is 0. The first kappa shape index (κ1) is 16.0. The highest BCUT2D eigenvalue weighted by molar-refractivity contribution is 9.10. The number of fused-ring (bicyclic) bond motifs is 3. The number of nitro groups is 1. The molecule has 0 saturated heterocycles. The van der Waals surface area contributed by atoms with Crippen LogP contribution in [-0.2, 0) is 6.54 Å². The maximum atomic E-state index is 11.7. The Kier molecular flexibility index (Phi) is 3.92. The Morgan fingerprint density at radius 3 is 2.76 bits per heavy atom. The predicted octanol–water partition coefficient (Wildman–Crippen LogP) is 3.45. The van der Waals surface area contributed by atoms with Crippen molar-refractivity contribution in [3.8, 4) is 5.69 Å². The Morgan fingerprint density at radius 1 is 1.20 bits per heavy atom. The van der Waals surface area contributed by atoms with Gasteiger partial charge in [-0.1, -0.05) is 22.0 Å². The van der Waals surface area contributed by atoms with Gasteiger partial charge in [0.05, 0.1) is 16.3 Å². The van der Waals surface area contributed by atoms with E-state index in [0.717, 1.165) is 0 Å². The van der Waals surface area contributed by atoms with Gasteiger partial charge < -0.3 is 0 Å². The molecular weight excluding hydrogens is 456 g/mol. The van der Waals surface area contributed by atoms with Gasteiger partial charge in [0.15, 0.2) is 5.82 Å². The van der Waals surface area contributed by atoms with Gasteiger partial charge in [-0.05, 0) is 34.1 Å². The quantitative estimate of drug-likeness (QED) is 0.428. The van der Waals surface area contributed by atoms with Crippen LogP contribution in [0.2, 0.25) is 0 Å². The number of nitrogens with zero attached hydrogens (tertiary/aromatic N) is 6. The van der Waals surface area contributed by atoms with Gasteiger partial charge in [0.1, 0.15) is 12.2 Å². The van der Waals surface area contributed by atoms with Gasteiger partial charge in [-0.2, -0.15) is 0 Å². The monoisotopic (exact) mass is 462 g/mol. The molecule has 0 fully saturated rings. The molecule has 0 saturated carbocycles. The van der Waals surface area contributed by atoms with E-state index in [9.17, 15) is 10.1 Å². The van der Waals surface area contributed by atoms with Gasteiger partial charge in [0.25, 0.3) is 5.69 Å². The Balaban J connectivity index is 2.10. The first-order valence-electron chi connectivity index (χ1n) is 7.10. The first-order chi connectivity index (χ1) is 12.1. The topological polar surface area (TPSA) is 99.1 Å². The highest BCUT2D eigenvalue weighted by Crippen LogP contribution is 2.36. The Hall–Kier alpha value is -2.46. The molecule has 0 radical (unpaired) electrons. The zero-order valence-corrected chi connectivity index (χ0v) is 15.6. The van der Waals surface area contributed by atoms with Crippen molar-refractivity contribution in [2.75, 3.05) is 0 Å². The molecule has 0 aliphatic carbocycles. The van der Waals surface area contributed by atoms with Crippen LogP contribution in [0.5, 0.6) is 0 Å². The second kappa shape index (κ2) is 6.12. The standard InChI is InChI=1S/C15H8Br2N6O2/c16-8-5-9-13(10-3-1-2-4-18-10)19-7-12-20-21-15(17)22(12)14(9)11(6-8)23(24)25/h1-6H,7H2. The van der Waals surface area contributed by atoms with Crippen molar-refractivity contribution >= 4 is 43.3 Å². The molecule has 3 aromatic rings. The number of hydrogen-bond donors (Lipinski definition) is 0. The summed E-state index contributed by atoms with van der Waals surface area (Å²) in [5, 5.41) is 19.7. The van der Waals surface area contributed by atoms with Crippen LogP contribution in [0.15, 0.2) is 50.7 Å². The van der Waals surface area contributed by atoms with Crippen molar-refractivity contribution < 1.29 is 4.92 Å². The summed E-state index contributed by atoms with van der Waals surface area (Å²) in [6.07, 6.45) is 1.66. The van der Waals surface area contributed by atoms with Crippen molar-refractivity contribution in [2.45, 2.75) is 6.54 Å². The molecule has 0 bridgehead atoms. The number of aromatic nitrogens is 4. The minimum absolute atomic E-state index is 0.0725. The zero-order chi connectivity index (χ0) is 17.6. The van der Waals surface area contributed by atoms with Gasteiger partial charge >= 0.3 is 0 Å². The van der Waals surface area contributed by atoms with Crippen LogP contribution in [0.1, 0.15) is 17.1 Å². The van der Waals surface area contributed by atoms with E-state index in [1.807, 2.05) is 12.1 Å². The minimum atomic E-state index is -0.429. The number of benzene rings is 1. The lowest BCUT2D eigenvalue weighted by atomic mass is 10.0. The van der Waals surface area contributed by atoms with Crippen molar-refractivity contribution in [3.63, 3.8) is 0 Å². The van der Waals surface area contributed by atoms with E-state index >= 15 is 0 Å².